The minimum Gasteiger partial charge on any atom is -0.425 e. The zero-order valence-corrected chi connectivity index (χ0v) is 10.7. The number of hydrogen-bond donors (Lipinski definition) is 0. The van der Waals surface area contributed by atoms with E-state index in [0.29, 0.717) is 6.01 Å². The standard InChI is InChI=1S/C16H14N2O/c1-13-7-5-6-10-15(13)19-16-17-11-12-18(16)14-8-3-2-4-9-14/h2-12H,1H3. The highest BCUT2D eigenvalue weighted by Gasteiger charge is 2.08. The molecule has 0 saturated heterocycles. The highest BCUT2D eigenvalue weighted by molar-refractivity contribution is 5.38. The molecule has 3 aromatic rings. The number of benzene rings is 2. The Balaban J connectivity index is 1.96. The molecular weight excluding hydrogens is 236 g/mol. The number of imidazole rings is 1. The van der Waals surface area contributed by atoms with Crippen LogP contribution in [0.4, 0.5) is 0 Å². The summed E-state index contributed by atoms with van der Waals surface area (Å²) < 4.78 is 7.81. The summed E-state index contributed by atoms with van der Waals surface area (Å²) >= 11 is 0. The molecule has 0 spiro atoms. The van der Waals surface area contributed by atoms with Crippen LogP contribution in [-0.2, 0) is 0 Å². The minimum absolute atomic E-state index is 0.570. The summed E-state index contributed by atoms with van der Waals surface area (Å²) in [5.74, 6) is 0.825. The number of para-hydroxylation sites is 2. The van der Waals surface area contributed by atoms with Crippen molar-refractivity contribution < 1.29 is 4.74 Å². The molecule has 3 nitrogen and oxygen atoms in total. The third-order valence-electron chi connectivity index (χ3n) is 2.94. The maximum atomic E-state index is 5.89. The topological polar surface area (TPSA) is 27.1 Å². The Morgan fingerprint density at radius 1 is 0.947 bits per heavy atom. The molecule has 0 amide bonds. The van der Waals surface area contributed by atoms with Gasteiger partial charge < -0.3 is 4.74 Å². The van der Waals surface area contributed by atoms with Crippen molar-refractivity contribution in [1.82, 2.24) is 9.55 Å². The van der Waals surface area contributed by atoms with Crippen molar-refractivity contribution in [2.75, 3.05) is 0 Å². The lowest BCUT2D eigenvalue weighted by atomic mass is 10.2. The summed E-state index contributed by atoms with van der Waals surface area (Å²) in [4.78, 5) is 4.27. The second-order valence-electron chi connectivity index (χ2n) is 4.28. The zero-order chi connectivity index (χ0) is 13.1. The second-order valence-corrected chi connectivity index (χ2v) is 4.28. The van der Waals surface area contributed by atoms with Gasteiger partial charge in [-0.1, -0.05) is 36.4 Å². The van der Waals surface area contributed by atoms with Gasteiger partial charge in [0.05, 0.1) is 5.69 Å². The Bertz CT molecular complexity index is 674. The molecule has 0 unspecified atom stereocenters. The van der Waals surface area contributed by atoms with Gasteiger partial charge in [0.2, 0.25) is 0 Å². The molecule has 0 saturated carbocycles. The summed E-state index contributed by atoms with van der Waals surface area (Å²) in [5, 5.41) is 0. The Labute approximate surface area is 112 Å². The van der Waals surface area contributed by atoms with E-state index in [9.17, 15) is 0 Å². The quantitative estimate of drug-likeness (QED) is 0.703. The largest absolute Gasteiger partial charge is 0.425 e. The van der Waals surface area contributed by atoms with Crippen molar-refractivity contribution in [2.24, 2.45) is 0 Å². The number of aromatic nitrogens is 2. The monoisotopic (exact) mass is 250 g/mol. The van der Waals surface area contributed by atoms with Crippen LogP contribution in [-0.4, -0.2) is 9.55 Å². The molecular formula is C16H14N2O. The molecule has 0 aliphatic carbocycles. The molecule has 19 heavy (non-hydrogen) atoms. The van der Waals surface area contributed by atoms with Crippen molar-refractivity contribution in [1.29, 1.82) is 0 Å². The summed E-state index contributed by atoms with van der Waals surface area (Å²) in [6.45, 7) is 2.02. The van der Waals surface area contributed by atoms with Gasteiger partial charge in [-0.3, -0.25) is 4.57 Å². The average molecular weight is 250 g/mol. The first-order valence-electron chi connectivity index (χ1n) is 6.17. The van der Waals surface area contributed by atoms with Crippen molar-refractivity contribution in [3.8, 4) is 17.4 Å². The summed E-state index contributed by atoms with van der Waals surface area (Å²) in [6, 6.07) is 18.5. The lowest BCUT2D eigenvalue weighted by Gasteiger charge is -2.10. The Morgan fingerprint density at radius 2 is 1.68 bits per heavy atom. The first-order chi connectivity index (χ1) is 9.34. The van der Waals surface area contributed by atoms with Gasteiger partial charge in [-0.25, -0.2) is 4.98 Å². The number of aryl methyl sites for hydroxylation is 1. The molecule has 0 atom stereocenters. The number of rotatable bonds is 3. The van der Waals surface area contributed by atoms with Gasteiger partial charge >= 0.3 is 6.01 Å². The smallest absolute Gasteiger partial charge is 0.306 e. The zero-order valence-electron chi connectivity index (χ0n) is 10.7. The van der Waals surface area contributed by atoms with Crippen molar-refractivity contribution in [2.45, 2.75) is 6.92 Å². The van der Waals surface area contributed by atoms with E-state index in [0.717, 1.165) is 17.0 Å². The SMILES string of the molecule is Cc1ccccc1Oc1nccn1-c1ccccc1. The molecule has 94 valence electrons. The highest BCUT2D eigenvalue weighted by atomic mass is 16.5. The van der Waals surface area contributed by atoms with E-state index in [4.69, 9.17) is 4.74 Å². The third-order valence-corrected chi connectivity index (χ3v) is 2.94. The van der Waals surface area contributed by atoms with E-state index in [1.165, 1.54) is 0 Å². The Morgan fingerprint density at radius 3 is 2.47 bits per heavy atom. The van der Waals surface area contributed by atoms with E-state index in [1.807, 2.05) is 72.3 Å². The highest BCUT2D eigenvalue weighted by Crippen LogP contribution is 2.25. The minimum atomic E-state index is 0.570. The van der Waals surface area contributed by atoms with Gasteiger partial charge in [-0.2, -0.15) is 0 Å². The van der Waals surface area contributed by atoms with Crippen molar-refractivity contribution in [3.05, 3.63) is 72.6 Å². The van der Waals surface area contributed by atoms with Crippen LogP contribution in [0.5, 0.6) is 11.8 Å². The molecule has 3 rings (SSSR count). The Kier molecular flexibility index (Phi) is 3.02. The van der Waals surface area contributed by atoms with Crippen LogP contribution < -0.4 is 4.74 Å². The normalized spacial score (nSPS) is 10.4. The van der Waals surface area contributed by atoms with Gasteiger partial charge in [0.15, 0.2) is 0 Å². The molecule has 0 fully saturated rings. The fraction of sp³-hybridized carbons (Fsp3) is 0.0625. The molecule has 1 aromatic heterocycles. The van der Waals surface area contributed by atoms with Gasteiger partial charge in [0.1, 0.15) is 5.75 Å². The van der Waals surface area contributed by atoms with Crippen molar-refractivity contribution in [3.63, 3.8) is 0 Å². The summed E-state index contributed by atoms with van der Waals surface area (Å²) in [6.07, 6.45) is 3.63. The maximum Gasteiger partial charge on any atom is 0.306 e. The van der Waals surface area contributed by atoms with Crippen LogP contribution >= 0.6 is 0 Å². The fourth-order valence-electron chi connectivity index (χ4n) is 1.92. The molecule has 2 aromatic carbocycles. The molecule has 0 N–H and O–H groups in total. The second kappa shape index (κ2) is 4.98. The van der Waals surface area contributed by atoms with Gasteiger partial charge in [-0.15, -0.1) is 0 Å². The molecule has 0 aliphatic heterocycles. The molecule has 0 aliphatic rings. The van der Waals surface area contributed by atoms with Crippen molar-refractivity contribution >= 4 is 0 Å². The van der Waals surface area contributed by atoms with E-state index in [1.54, 1.807) is 6.20 Å². The van der Waals surface area contributed by atoms with E-state index in [-0.39, 0.29) is 0 Å². The van der Waals surface area contributed by atoms with Gasteiger partial charge in [0.25, 0.3) is 0 Å². The molecule has 0 bridgehead atoms. The first-order valence-corrected chi connectivity index (χ1v) is 6.17. The molecule has 0 radical (unpaired) electrons. The average Bonchev–Trinajstić information content (AvgIpc) is 2.91. The predicted octanol–water partition coefficient (Wildman–Crippen LogP) is 3.97. The number of nitrogens with zero attached hydrogens (tertiary/aromatic N) is 2. The Hall–Kier alpha value is -2.55. The van der Waals surface area contributed by atoms with E-state index in [2.05, 4.69) is 4.98 Å². The lowest BCUT2D eigenvalue weighted by Crippen LogP contribution is -1.97. The van der Waals surface area contributed by atoms with Crippen LogP contribution in [0.15, 0.2) is 67.0 Å². The molecule has 1 heterocycles. The van der Waals surface area contributed by atoms with Crippen LogP contribution in [0.2, 0.25) is 0 Å². The summed E-state index contributed by atoms with van der Waals surface area (Å²) in [5.41, 5.74) is 2.12. The predicted molar refractivity (Wildman–Crippen MR) is 74.8 cm³/mol. The fourth-order valence-corrected chi connectivity index (χ4v) is 1.92. The first kappa shape index (κ1) is 11.5. The number of hydrogen-bond acceptors (Lipinski definition) is 2. The van der Waals surface area contributed by atoms with E-state index < -0.39 is 0 Å². The van der Waals surface area contributed by atoms with Crippen LogP contribution in [0.3, 0.4) is 0 Å². The lowest BCUT2D eigenvalue weighted by molar-refractivity contribution is 0.431. The van der Waals surface area contributed by atoms with Crippen LogP contribution in [0.1, 0.15) is 5.56 Å². The summed E-state index contributed by atoms with van der Waals surface area (Å²) in [7, 11) is 0. The molecule has 3 heteroatoms. The number of ether oxygens (including phenoxy) is 1. The van der Waals surface area contributed by atoms with Crippen LogP contribution in [0, 0.1) is 6.92 Å². The third kappa shape index (κ3) is 2.36. The van der Waals surface area contributed by atoms with Gasteiger partial charge in [-0.05, 0) is 30.7 Å². The maximum absolute atomic E-state index is 5.89. The van der Waals surface area contributed by atoms with Gasteiger partial charge in [0, 0.05) is 12.4 Å². The van der Waals surface area contributed by atoms with E-state index >= 15 is 0 Å². The van der Waals surface area contributed by atoms with Crippen LogP contribution in [0.25, 0.3) is 5.69 Å².